The van der Waals surface area contributed by atoms with Crippen molar-refractivity contribution in [2.75, 3.05) is 26.4 Å². The first-order chi connectivity index (χ1) is 11.8. The second-order valence-electron chi connectivity index (χ2n) is 6.25. The molecule has 0 bridgehead atoms. The summed E-state index contributed by atoms with van der Waals surface area (Å²) in [7, 11) is 0. The Bertz CT molecular complexity index is 710. The first kappa shape index (κ1) is 15.3. The maximum Gasteiger partial charge on any atom is 0.231 e. The quantitative estimate of drug-likeness (QED) is 0.936. The summed E-state index contributed by atoms with van der Waals surface area (Å²) in [4.78, 5) is 2.26. The summed E-state index contributed by atoms with van der Waals surface area (Å²) in [5, 5.41) is 10.6. The Morgan fingerprint density at radius 2 is 2.12 bits per heavy atom. The van der Waals surface area contributed by atoms with Crippen molar-refractivity contribution >= 4 is 6.08 Å². The normalized spacial score (nSPS) is 23.9. The lowest BCUT2D eigenvalue weighted by atomic mass is 9.87. The van der Waals surface area contributed by atoms with Crippen molar-refractivity contribution in [3.63, 3.8) is 0 Å². The van der Waals surface area contributed by atoms with Crippen LogP contribution in [0.2, 0.25) is 0 Å². The van der Waals surface area contributed by atoms with Gasteiger partial charge in [0.1, 0.15) is 5.76 Å². The predicted molar refractivity (Wildman–Crippen MR) is 90.1 cm³/mol. The highest BCUT2D eigenvalue weighted by molar-refractivity contribution is 5.46. The summed E-state index contributed by atoms with van der Waals surface area (Å²) in [6, 6.07) is 9.77. The van der Waals surface area contributed by atoms with E-state index in [4.69, 9.17) is 13.9 Å². The van der Waals surface area contributed by atoms with Crippen molar-refractivity contribution in [1.29, 1.82) is 0 Å². The van der Waals surface area contributed by atoms with Crippen LogP contribution in [0.25, 0.3) is 6.08 Å². The van der Waals surface area contributed by atoms with Crippen LogP contribution in [-0.4, -0.2) is 42.5 Å². The molecule has 2 atom stereocenters. The van der Waals surface area contributed by atoms with Gasteiger partial charge in [-0.25, -0.2) is 0 Å². The topological polar surface area (TPSA) is 55.1 Å². The minimum atomic E-state index is -0.379. The van der Waals surface area contributed by atoms with Crippen LogP contribution in [0.1, 0.15) is 23.7 Å². The Balaban J connectivity index is 1.36. The molecule has 0 amide bonds. The number of fused-ring (bicyclic) bond motifs is 1. The van der Waals surface area contributed by atoms with Gasteiger partial charge in [-0.1, -0.05) is 12.1 Å². The molecule has 2 aliphatic heterocycles. The van der Waals surface area contributed by atoms with Crippen molar-refractivity contribution < 1.29 is 19.0 Å². The van der Waals surface area contributed by atoms with Gasteiger partial charge in [0.15, 0.2) is 11.5 Å². The molecule has 126 valence electrons. The summed E-state index contributed by atoms with van der Waals surface area (Å²) in [6.07, 6.45) is 6.26. The van der Waals surface area contributed by atoms with E-state index >= 15 is 0 Å². The van der Waals surface area contributed by atoms with Crippen LogP contribution in [0.3, 0.4) is 0 Å². The van der Waals surface area contributed by atoms with Gasteiger partial charge in [-0.15, -0.1) is 0 Å². The molecule has 1 aromatic heterocycles. The summed E-state index contributed by atoms with van der Waals surface area (Å²) >= 11 is 0. The lowest BCUT2D eigenvalue weighted by Gasteiger charge is -2.35. The Labute approximate surface area is 141 Å². The van der Waals surface area contributed by atoms with Crippen molar-refractivity contribution in [1.82, 2.24) is 4.90 Å². The molecule has 3 heterocycles. The summed E-state index contributed by atoms with van der Waals surface area (Å²) in [5.74, 6) is 2.56. The van der Waals surface area contributed by atoms with Crippen LogP contribution in [-0.2, 0) is 0 Å². The molecule has 5 nitrogen and oxygen atoms in total. The third-order valence-electron chi connectivity index (χ3n) is 4.68. The van der Waals surface area contributed by atoms with E-state index in [1.165, 1.54) is 0 Å². The number of rotatable bonds is 4. The molecule has 24 heavy (non-hydrogen) atoms. The van der Waals surface area contributed by atoms with Crippen LogP contribution >= 0.6 is 0 Å². The molecule has 1 N–H and O–H groups in total. The van der Waals surface area contributed by atoms with Gasteiger partial charge in [0, 0.05) is 19.0 Å². The number of aliphatic hydroxyl groups excluding tert-OH is 1. The van der Waals surface area contributed by atoms with Gasteiger partial charge in [0.05, 0.1) is 12.4 Å². The summed E-state index contributed by atoms with van der Waals surface area (Å²) in [6.45, 7) is 2.72. The van der Waals surface area contributed by atoms with Crippen LogP contribution in [0.4, 0.5) is 0 Å². The number of benzene rings is 1. The maximum atomic E-state index is 10.6. The zero-order valence-electron chi connectivity index (χ0n) is 13.4. The highest BCUT2D eigenvalue weighted by atomic mass is 16.7. The van der Waals surface area contributed by atoms with Crippen molar-refractivity contribution in [2.45, 2.75) is 18.4 Å². The van der Waals surface area contributed by atoms with Crippen molar-refractivity contribution in [3.8, 4) is 11.5 Å². The summed E-state index contributed by atoms with van der Waals surface area (Å²) in [5.41, 5.74) is 1.12. The smallest absolute Gasteiger partial charge is 0.231 e. The first-order valence-electron chi connectivity index (χ1n) is 8.29. The molecule has 4 rings (SSSR count). The first-order valence-corrected chi connectivity index (χ1v) is 8.29. The largest absolute Gasteiger partial charge is 0.465 e. The van der Waals surface area contributed by atoms with E-state index < -0.39 is 0 Å². The number of hydrogen-bond donors (Lipinski definition) is 1. The van der Waals surface area contributed by atoms with Gasteiger partial charge in [-0.3, -0.25) is 4.90 Å². The molecule has 0 radical (unpaired) electrons. The molecule has 1 fully saturated rings. The second kappa shape index (κ2) is 6.71. The monoisotopic (exact) mass is 327 g/mol. The number of furan rings is 1. The number of likely N-dealkylation sites (tertiary alicyclic amines) is 1. The van der Waals surface area contributed by atoms with Gasteiger partial charge >= 0.3 is 0 Å². The third kappa shape index (κ3) is 3.18. The van der Waals surface area contributed by atoms with Crippen LogP contribution in [0, 0.1) is 0 Å². The van der Waals surface area contributed by atoms with Crippen molar-refractivity contribution in [2.24, 2.45) is 0 Å². The van der Waals surface area contributed by atoms with Crippen LogP contribution in [0.15, 0.2) is 47.1 Å². The highest BCUT2D eigenvalue weighted by Gasteiger charge is 2.29. The van der Waals surface area contributed by atoms with Gasteiger partial charge in [-0.05, 0) is 48.9 Å². The standard InChI is InChI=1S/C19H21NO4/c21-17-12-20(8-1-3-15-4-2-10-22-15)9-7-16(17)14-5-6-18-19(11-14)24-13-23-18/h1-6,10-11,16-17,21H,7-9,12-13H2/b3-1+/t16-,17+/m0/s1. The van der Waals surface area contributed by atoms with E-state index in [0.29, 0.717) is 6.54 Å². The SMILES string of the molecule is O[C@@H]1CN(C/C=C/c2ccco2)CC[C@H]1c1ccc2c(c1)OCO2. The number of aliphatic hydroxyl groups is 1. The molecule has 0 aliphatic carbocycles. The highest BCUT2D eigenvalue weighted by Crippen LogP contribution is 2.37. The molecule has 2 aromatic rings. The minimum Gasteiger partial charge on any atom is -0.465 e. The average Bonchev–Trinajstić information content (AvgIpc) is 3.25. The molecule has 0 saturated carbocycles. The fourth-order valence-corrected chi connectivity index (χ4v) is 3.40. The zero-order valence-corrected chi connectivity index (χ0v) is 13.4. The van der Waals surface area contributed by atoms with Crippen molar-refractivity contribution in [3.05, 3.63) is 54.0 Å². The molecule has 1 aromatic carbocycles. The van der Waals surface area contributed by atoms with E-state index in [1.807, 2.05) is 36.4 Å². The van der Waals surface area contributed by atoms with E-state index in [2.05, 4.69) is 11.0 Å². The van der Waals surface area contributed by atoms with Crippen LogP contribution in [0.5, 0.6) is 11.5 Å². The minimum absolute atomic E-state index is 0.143. The van der Waals surface area contributed by atoms with E-state index in [1.54, 1.807) is 6.26 Å². The van der Waals surface area contributed by atoms with Gasteiger partial charge in [0.2, 0.25) is 6.79 Å². The summed E-state index contributed by atoms with van der Waals surface area (Å²) < 4.78 is 16.1. The van der Waals surface area contributed by atoms with Gasteiger partial charge in [0.25, 0.3) is 0 Å². The molecule has 2 aliphatic rings. The average molecular weight is 327 g/mol. The number of hydrogen-bond acceptors (Lipinski definition) is 5. The number of nitrogens with zero attached hydrogens (tertiary/aromatic N) is 1. The number of β-amino-alcohol motifs (C(OH)–C–C–N with tert-alkyl or cyclic N) is 1. The third-order valence-corrected chi connectivity index (χ3v) is 4.68. The molecule has 0 spiro atoms. The Morgan fingerprint density at radius 3 is 2.96 bits per heavy atom. The van der Waals surface area contributed by atoms with E-state index in [0.717, 1.165) is 42.3 Å². The van der Waals surface area contributed by atoms with E-state index in [-0.39, 0.29) is 18.8 Å². The lowest BCUT2D eigenvalue weighted by Crippen LogP contribution is -2.42. The Kier molecular flexibility index (Phi) is 4.28. The number of piperidine rings is 1. The molecule has 5 heteroatoms. The zero-order chi connectivity index (χ0) is 16.4. The van der Waals surface area contributed by atoms with E-state index in [9.17, 15) is 5.11 Å². The fourth-order valence-electron chi connectivity index (χ4n) is 3.40. The maximum absolute atomic E-state index is 10.6. The predicted octanol–water partition coefficient (Wildman–Crippen LogP) is 2.87. The fraction of sp³-hybridized carbons (Fsp3) is 0.368. The van der Waals surface area contributed by atoms with Crippen LogP contribution < -0.4 is 9.47 Å². The second-order valence-corrected chi connectivity index (χ2v) is 6.25. The lowest BCUT2D eigenvalue weighted by molar-refractivity contribution is 0.0569. The molecule has 1 saturated heterocycles. The Morgan fingerprint density at radius 1 is 1.21 bits per heavy atom. The molecular weight excluding hydrogens is 306 g/mol. The Hall–Kier alpha value is -2.24. The molecular formula is C19H21NO4. The van der Waals surface area contributed by atoms with Gasteiger partial charge in [-0.2, -0.15) is 0 Å². The molecule has 0 unspecified atom stereocenters. The van der Waals surface area contributed by atoms with Gasteiger partial charge < -0.3 is 19.0 Å². The number of ether oxygens (including phenoxy) is 2.